The highest BCUT2D eigenvalue weighted by Crippen LogP contribution is 2.17. The monoisotopic (exact) mass is 276 g/mol. The quantitative estimate of drug-likeness (QED) is 0.923. The Labute approximate surface area is 112 Å². The summed E-state index contributed by atoms with van der Waals surface area (Å²) in [5.41, 5.74) is 2.13. The van der Waals surface area contributed by atoms with Crippen LogP contribution in [0.15, 0.2) is 36.5 Å². The van der Waals surface area contributed by atoms with Gasteiger partial charge in [0.2, 0.25) is 0 Å². The Hall–Kier alpha value is -1.46. The molecule has 1 aromatic heterocycles. The minimum atomic E-state index is -2.82. The first kappa shape index (κ1) is 12.6. The summed E-state index contributed by atoms with van der Waals surface area (Å²) < 4.78 is 22.8. The highest BCUT2D eigenvalue weighted by Gasteiger charge is 2.27. The number of hydrogen-bond acceptors (Lipinski definition) is 4. The predicted octanol–water partition coefficient (Wildman–Crippen LogP) is 1.51. The van der Waals surface area contributed by atoms with Gasteiger partial charge in [-0.05, 0) is 24.1 Å². The molecule has 0 amide bonds. The summed E-state index contributed by atoms with van der Waals surface area (Å²) in [5, 5.41) is 4.46. The molecule has 3 rings (SSSR count). The molecular formula is C14H16N2O2S. The smallest absolute Gasteiger partial charge is 0.151 e. The zero-order chi connectivity index (χ0) is 13.3. The van der Waals surface area contributed by atoms with E-state index in [2.05, 4.69) is 10.3 Å². The van der Waals surface area contributed by atoms with Gasteiger partial charge in [0.05, 0.1) is 17.0 Å². The maximum Gasteiger partial charge on any atom is 0.151 e. The van der Waals surface area contributed by atoms with E-state index in [-0.39, 0.29) is 11.8 Å². The lowest BCUT2D eigenvalue weighted by atomic mass is 10.1. The van der Waals surface area contributed by atoms with Gasteiger partial charge in [0.15, 0.2) is 9.84 Å². The summed E-state index contributed by atoms with van der Waals surface area (Å²) in [7, 11) is -2.82. The largest absolute Gasteiger partial charge is 0.309 e. The summed E-state index contributed by atoms with van der Waals surface area (Å²) in [6, 6.07) is 10.1. The van der Waals surface area contributed by atoms with Crippen molar-refractivity contribution in [2.45, 2.75) is 19.0 Å². The summed E-state index contributed by atoms with van der Waals surface area (Å²) in [6.45, 7) is 0.684. The molecule has 1 saturated heterocycles. The number of rotatable bonds is 3. The molecule has 0 aliphatic carbocycles. The van der Waals surface area contributed by atoms with Crippen molar-refractivity contribution in [3.63, 3.8) is 0 Å². The Balaban J connectivity index is 1.76. The van der Waals surface area contributed by atoms with Crippen molar-refractivity contribution < 1.29 is 8.42 Å². The molecule has 0 radical (unpaired) electrons. The minimum Gasteiger partial charge on any atom is -0.309 e. The van der Waals surface area contributed by atoms with E-state index in [9.17, 15) is 8.42 Å². The molecule has 2 heterocycles. The van der Waals surface area contributed by atoms with E-state index in [1.54, 1.807) is 6.20 Å². The Morgan fingerprint density at radius 1 is 1.26 bits per heavy atom. The van der Waals surface area contributed by atoms with E-state index in [0.29, 0.717) is 18.7 Å². The van der Waals surface area contributed by atoms with Crippen LogP contribution in [0.3, 0.4) is 0 Å². The summed E-state index contributed by atoms with van der Waals surface area (Å²) >= 11 is 0. The van der Waals surface area contributed by atoms with Crippen molar-refractivity contribution in [1.29, 1.82) is 0 Å². The first-order valence-electron chi connectivity index (χ1n) is 6.40. The summed E-state index contributed by atoms with van der Waals surface area (Å²) in [5.74, 6) is 0.567. The number of fused-ring (bicyclic) bond motifs is 1. The van der Waals surface area contributed by atoms with Gasteiger partial charge in [-0.3, -0.25) is 4.98 Å². The second-order valence-electron chi connectivity index (χ2n) is 4.97. The fourth-order valence-electron chi connectivity index (χ4n) is 2.52. The van der Waals surface area contributed by atoms with Gasteiger partial charge in [0.25, 0.3) is 0 Å². The van der Waals surface area contributed by atoms with E-state index in [1.165, 1.54) is 0 Å². The Morgan fingerprint density at radius 3 is 2.89 bits per heavy atom. The lowest BCUT2D eigenvalue weighted by Gasteiger charge is -2.12. The molecule has 1 fully saturated rings. The molecular weight excluding hydrogens is 260 g/mol. The molecule has 1 unspecified atom stereocenters. The SMILES string of the molecule is O=S1(=O)CCC(NCc2ccnc3ccccc23)C1. The van der Waals surface area contributed by atoms with E-state index >= 15 is 0 Å². The molecule has 1 atom stereocenters. The molecule has 100 valence electrons. The van der Waals surface area contributed by atoms with Crippen LogP contribution in [0.25, 0.3) is 10.9 Å². The number of sulfone groups is 1. The number of nitrogens with zero attached hydrogens (tertiary/aromatic N) is 1. The first-order valence-corrected chi connectivity index (χ1v) is 8.23. The molecule has 2 aromatic rings. The third-order valence-electron chi connectivity index (χ3n) is 3.55. The van der Waals surface area contributed by atoms with Crippen LogP contribution < -0.4 is 5.32 Å². The molecule has 4 nitrogen and oxygen atoms in total. The van der Waals surface area contributed by atoms with Crippen LogP contribution in [-0.4, -0.2) is 30.9 Å². The predicted molar refractivity (Wildman–Crippen MR) is 75.6 cm³/mol. The van der Waals surface area contributed by atoms with Crippen molar-refractivity contribution in [3.05, 3.63) is 42.1 Å². The average Bonchev–Trinajstić information content (AvgIpc) is 2.76. The van der Waals surface area contributed by atoms with Gasteiger partial charge in [-0.25, -0.2) is 8.42 Å². The van der Waals surface area contributed by atoms with Crippen molar-refractivity contribution in [1.82, 2.24) is 10.3 Å². The third kappa shape index (κ3) is 2.77. The second-order valence-corrected chi connectivity index (χ2v) is 7.20. The van der Waals surface area contributed by atoms with Gasteiger partial charge < -0.3 is 5.32 Å². The second kappa shape index (κ2) is 4.90. The number of aromatic nitrogens is 1. The van der Waals surface area contributed by atoms with Gasteiger partial charge in [-0.2, -0.15) is 0 Å². The minimum absolute atomic E-state index is 0.0805. The third-order valence-corrected chi connectivity index (χ3v) is 5.32. The number of hydrogen-bond donors (Lipinski definition) is 1. The van der Waals surface area contributed by atoms with E-state index in [0.717, 1.165) is 16.5 Å². The highest BCUT2D eigenvalue weighted by atomic mass is 32.2. The van der Waals surface area contributed by atoms with Crippen molar-refractivity contribution in [3.8, 4) is 0 Å². The maximum atomic E-state index is 11.4. The number of benzene rings is 1. The molecule has 1 aliphatic heterocycles. The van der Waals surface area contributed by atoms with E-state index in [1.807, 2.05) is 30.3 Å². The molecule has 1 aliphatic rings. The van der Waals surface area contributed by atoms with Crippen LogP contribution >= 0.6 is 0 Å². The first-order chi connectivity index (χ1) is 9.14. The lowest BCUT2D eigenvalue weighted by Crippen LogP contribution is -2.29. The zero-order valence-corrected chi connectivity index (χ0v) is 11.4. The van der Waals surface area contributed by atoms with Crippen molar-refractivity contribution in [2.75, 3.05) is 11.5 Å². The molecule has 5 heteroatoms. The van der Waals surface area contributed by atoms with Gasteiger partial charge in [0.1, 0.15) is 0 Å². The molecule has 0 bridgehead atoms. The van der Waals surface area contributed by atoms with Gasteiger partial charge in [-0.15, -0.1) is 0 Å². The van der Waals surface area contributed by atoms with Crippen molar-refractivity contribution in [2.24, 2.45) is 0 Å². The van der Waals surface area contributed by atoms with Crippen molar-refractivity contribution >= 4 is 20.7 Å². The molecule has 19 heavy (non-hydrogen) atoms. The van der Waals surface area contributed by atoms with Gasteiger partial charge >= 0.3 is 0 Å². The van der Waals surface area contributed by atoms with Crippen LogP contribution in [0.5, 0.6) is 0 Å². The zero-order valence-electron chi connectivity index (χ0n) is 10.5. The van der Waals surface area contributed by atoms with E-state index < -0.39 is 9.84 Å². The van der Waals surface area contributed by atoms with Gasteiger partial charge in [-0.1, -0.05) is 18.2 Å². The fourth-order valence-corrected chi connectivity index (χ4v) is 4.23. The Kier molecular flexibility index (Phi) is 3.24. The van der Waals surface area contributed by atoms with Crippen LogP contribution in [0.2, 0.25) is 0 Å². The molecule has 0 saturated carbocycles. The van der Waals surface area contributed by atoms with Crippen LogP contribution in [0, 0.1) is 0 Å². The molecule has 0 spiro atoms. The van der Waals surface area contributed by atoms with Crippen LogP contribution in [0.4, 0.5) is 0 Å². The Morgan fingerprint density at radius 2 is 2.11 bits per heavy atom. The maximum absolute atomic E-state index is 11.4. The summed E-state index contributed by atoms with van der Waals surface area (Å²) in [6.07, 6.45) is 2.51. The van der Waals surface area contributed by atoms with Gasteiger partial charge in [0, 0.05) is 24.2 Å². The Bertz CT molecular complexity index is 692. The fraction of sp³-hybridized carbons (Fsp3) is 0.357. The number of para-hydroxylation sites is 1. The van der Waals surface area contributed by atoms with E-state index in [4.69, 9.17) is 0 Å². The average molecular weight is 276 g/mol. The highest BCUT2D eigenvalue weighted by molar-refractivity contribution is 7.91. The lowest BCUT2D eigenvalue weighted by molar-refractivity contribution is 0.555. The van der Waals surface area contributed by atoms with Crippen LogP contribution in [0.1, 0.15) is 12.0 Å². The topological polar surface area (TPSA) is 59.1 Å². The molecule has 1 N–H and O–H groups in total. The molecule has 1 aromatic carbocycles. The summed E-state index contributed by atoms with van der Waals surface area (Å²) in [4.78, 5) is 4.32. The standard InChI is InChI=1S/C14H16N2O2S/c17-19(18)8-6-12(10-19)16-9-11-5-7-15-14-4-2-1-3-13(11)14/h1-5,7,12,16H,6,8-10H2. The number of nitrogens with one attached hydrogen (secondary N) is 1. The normalized spacial score (nSPS) is 21.8. The van der Waals surface area contributed by atoms with Crippen LogP contribution in [-0.2, 0) is 16.4 Å². The number of pyridine rings is 1.